The van der Waals surface area contributed by atoms with Gasteiger partial charge in [-0.2, -0.15) is 0 Å². The molecule has 0 aliphatic carbocycles. The Bertz CT molecular complexity index is 297. The smallest absolute Gasteiger partial charge is 0.305 e. The molecule has 0 aromatic heterocycles. The average molecular weight is 285 g/mol. The molecule has 1 aliphatic rings. The van der Waals surface area contributed by atoms with Crippen molar-refractivity contribution in [1.29, 1.82) is 0 Å². The number of nitrogens with zero attached hydrogens (tertiary/aromatic N) is 1. The summed E-state index contributed by atoms with van der Waals surface area (Å²) in [6.07, 6.45) is 3.69. The first-order valence-electron chi connectivity index (χ1n) is 7.82. The lowest BCUT2D eigenvalue weighted by Crippen LogP contribution is -2.57. The molecule has 1 fully saturated rings. The molecular formula is C16H31NO3. The van der Waals surface area contributed by atoms with Crippen LogP contribution in [0.15, 0.2) is 0 Å². The lowest BCUT2D eigenvalue weighted by atomic mass is 9.98. The van der Waals surface area contributed by atoms with Gasteiger partial charge in [-0.15, -0.1) is 0 Å². The molecule has 0 spiro atoms. The molecule has 4 heteroatoms. The van der Waals surface area contributed by atoms with Crippen LogP contribution in [-0.4, -0.2) is 48.3 Å². The molecule has 0 amide bonds. The minimum Gasteiger partial charge on any atom is -0.466 e. The number of morpholine rings is 1. The van der Waals surface area contributed by atoms with E-state index in [1.165, 1.54) is 0 Å². The second kappa shape index (κ2) is 7.41. The monoisotopic (exact) mass is 285 g/mol. The van der Waals surface area contributed by atoms with Gasteiger partial charge in [0.2, 0.25) is 0 Å². The Morgan fingerprint density at radius 2 is 1.70 bits per heavy atom. The van der Waals surface area contributed by atoms with Crippen molar-refractivity contribution in [2.45, 2.75) is 71.5 Å². The van der Waals surface area contributed by atoms with Crippen LogP contribution in [0.4, 0.5) is 0 Å². The van der Waals surface area contributed by atoms with E-state index in [9.17, 15) is 4.79 Å². The number of rotatable bonds is 7. The highest BCUT2D eigenvalue weighted by atomic mass is 16.5. The zero-order valence-electron chi connectivity index (χ0n) is 13.8. The standard InChI is InChI=1S/C16H31NO3/c1-6-19-14(18)10-8-7-9-11-17-12-15(2,3)20-16(4,5)13-17/h6-13H2,1-5H3. The zero-order valence-corrected chi connectivity index (χ0v) is 13.8. The van der Waals surface area contributed by atoms with Crippen LogP contribution in [-0.2, 0) is 14.3 Å². The summed E-state index contributed by atoms with van der Waals surface area (Å²) < 4.78 is 11.0. The Morgan fingerprint density at radius 3 is 2.25 bits per heavy atom. The molecule has 1 heterocycles. The average Bonchev–Trinajstić information content (AvgIpc) is 2.24. The van der Waals surface area contributed by atoms with E-state index in [-0.39, 0.29) is 17.2 Å². The van der Waals surface area contributed by atoms with Crippen molar-refractivity contribution in [1.82, 2.24) is 4.90 Å². The van der Waals surface area contributed by atoms with Crippen LogP contribution in [0.5, 0.6) is 0 Å². The number of unbranched alkanes of at least 4 members (excludes halogenated alkanes) is 2. The fraction of sp³-hybridized carbons (Fsp3) is 0.938. The number of carbonyl (C=O) groups excluding carboxylic acids is 1. The van der Waals surface area contributed by atoms with Crippen LogP contribution >= 0.6 is 0 Å². The van der Waals surface area contributed by atoms with Crippen LogP contribution in [0.3, 0.4) is 0 Å². The van der Waals surface area contributed by atoms with Crippen molar-refractivity contribution < 1.29 is 14.3 Å². The number of carbonyl (C=O) groups is 1. The summed E-state index contributed by atoms with van der Waals surface area (Å²) in [4.78, 5) is 13.7. The predicted molar refractivity (Wildman–Crippen MR) is 80.8 cm³/mol. The highest BCUT2D eigenvalue weighted by molar-refractivity contribution is 5.69. The van der Waals surface area contributed by atoms with E-state index in [1.807, 2.05) is 6.92 Å². The van der Waals surface area contributed by atoms with Crippen LogP contribution < -0.4 is 0 Å². The Morgan fingerprint density at radius 1 is 1.10 bits per heavy atom. The van der Waals surface area contributed by atoms with Crippen molar-refractivity contribution in [3.05, 3.63) is 0 Å². The van der Waals surface area contributed by atoms with E-state index in [0.717, 1.165) is 38.9 Å². The van der Waals surface area contributed by atoms with Gasteiger partial charge in [-0.05, 0) is 54.0 Å². The van der Waals surface area contributed by atoms with E-state index >= 15 is 0 Å². The first-order chi connectivity index (χ1) is 9.24. The molecular weight excluding hydrogens is 254 g/mol. The van der Waals surface area contributed by atoms with E-state index < -0.39 is 0 Å². The first-order valence-corrected chi connectivity index (χ1v) is 7.82. The van der Waals surface area contributed by atoms with E-state index in [1.54, 1.807) is 0 Å². The van der Waals surface area contributed by atoms with E-state index in [4.69, 9.17) is 9.47 Å². The highest BCUT2D eigenvalue weighted by Crippen LogP contribution is 2.28. The molecule has 0 N–H and O–H groups in total. The van der Waals surface area contributed by atoms with Crippen LogP contribution in [0.1, 0.15) is 60.3 Å². The molecule has 0 saturated carbocycles. The molecule has 0 aromatic rings. The zero-order chi connectivity index (χ0) is 15.2. The Hall–Kier alpha value is -0.610. The molecule has 1 saturated heterocycles. The summed E-state index contributed by atoms with van der Waals surface area (Å²) in [5.74, 6) is -0.0684. The van der Waals surface area contributed by atoms with Gasteiger partial charge in [0.1, 0.15) is 0 Å². The largest absolute Gasteiger partial charge is 0.466 e. The first kappa shape index (κ1) is 17.4. The molecule has 1 aliphatic heterocycles. The SMILES string of the molecule is CCOC(=O)CCCCCN1CC(C)(C)OC(C)(C)C1. The van der Waals surface area contributed by atoms with Crippen LogP contribution in [0.2, 0.25) is 0 Å². The van der Waals surface area contributed by atoms with Gasteiger partial charge in [-0.3, -0.25) is 9.69 Å². The van der Waals surface area contributed by atoms with Gasteiger partial charge in [-0.25, -0.2) is 0 Å². The third kappa shape index (κ3) is 6.71. The maximum atomic E-state index is 11.2. The van der Waals surface area contributed by atoms with Crippen molar-refractivity contribution in [2.24, 2.45) is 0 Å². The normalized spacial score (nSPS) is 21.6. The van der Waals surface area contributed by atoms with Crippen molar-refractivity contribution >= 4 is 5.97 Å². The lowest BCUT2D eigenvalue weighted by molar-refractivity contribution is -0.180. The lowest BCUT2D eigenvalue weighted by Gasteiger charge is -2.47. The summed E-state index contributed by atoms with van der Waals surface area (Å²) in [6, 6.07) is 0. The number of ether oxygens (including phenoxy) is 2. The number of esters is 1. The Labute approximate surface area is 123 Å². The van der Waals surface area contributed by atoms with Gasteiger partial charge in [0, 0.05) is 19.5 Å². The molecule has 4 nitrogen and oxygen atoms in total. The van der Waals surface area contributed by atoms with E-state index in [0.29, 0.717) is 13.0 Å². The summed E-state index contributed by atoms with van der Waals surface area (Å²) in [5, 5.41) is 0. The summed E-state index contributed by atoms with van der Waals surface area (Å²) in [5.41, 5.74) is -0.153. The Kier molecular flexibility index (Phi) is 6.46. The minimum absolute atomic E-state index is 0.0684. The third-order valence-corrected chi connectivity index (χ3v) is 3.42. The van der Waals surface area contributed by atoms with Gasteiger partial charge in [-0.1, -0.05) is 6.42 Å². The fourth-order valence-electron chi connectivity index (χ4n) is 3.12. The summed E-state index contributed by atoms with van der Waals surface area (Å²) >= 11 is 0. The summed E-state index contributed by atoms with van der Waals surface area (Å²) in [7, 11) is 0. The van der Waals surface area contributed by atoms with Gasteiger partial charge >= 0.3 is 5.97 Å². The quantitative estimate of drug-likeness (QED) is 0.532. The van der Waals surface area contributed by atoms with Gasteiger partial charge in [0.25, 0.3) is 0 Å². The second-order valence-electron chi connectivity index (χ2n) is 6.95. The van der Waals surface area contributed by atoms with Gasteiger partial charge in [0.05, 0.1) is 17.8 Å². The van der Waals surface area contributed by atoms with E-state index in [2.05, 4.69) is 32.6 Å². The van der Waals surface area contributed by atoms with Crippen molar-refractivity contribution in [3.8, 4) is 0 Å². The molecule has 1 rings (SSSR count). The molecule has 0 atom stereocenters. The maximum absolute atomic E-state index is 11.2. The topological polar surface area (TPSA) is 38.8 Å². The number of hydrogen-bond acceptors (Lipinski definition) is 4. The van der Waals surface area contributed by atoms with Crippen molar-refractivity contribution in [3.63, 3.8) is 0 Å². The van der Waals surface area contributed by atoms with Gasteiger partial charge in [0.15, 0.2) is 0 Å². The number of hydrogen-bond donors (Lipinski definition) is 0. The molecule has 0 aromatic carbocycles. The Balaban J connectivity index is 2.20. The van der Waals surface area contributed by atoms with Gasteiger partial charge < -0.3 is 9.47 Å². The molecule has 20 heavy (non-hydrogen) atoms. The molecule has 0 bridgehead atoms. The second-order valence-corrected chi connectivity index (χ2v) is 6.95. The molecule has 0 radical (unpaired) electrons. The minimum atomic E-state index is -0.0767. The predicted octanol–water partition coefficient (Wildman–Crippen LogP) is 3.00. The molecule has 0 unspecified atom stereocenters. The highest BCUT2D eigenvalue weighted by Gasteiger charge is 2.37. The maximum Gasteiger partial charge on any atom is 0.305 e. The molecule has 118 valence electrons. The van der Waals surface area contributed by atoms with Crippen molar-refractivity contribution in [2.75, 3.05) is 26.2 Å². The fourth-order valence-corrected chi connectivity index (χ4v) is 3.12. The van der Waals surface area contributed by atoms with Crippen LogP contribution in [0.25, 0.3) is 0 Å². The third-order valence-electron chi connectivity index (χ3n) is 3.42. The summed E-state index contributed by atoms with van der Waals surface area (Å²) in [6.45, 7) is 14.0. The van der Waals surface area contributed by atoms with Crippen LogP contribution in [0, 0.1) is 0 Å².